The second-order valence-corrected chi connectivity index (χ2v) is 6.00. The van der Waals surface area contributed by atoms with E-state index in [-0.39, 0.29) is 11.7 Å². The summed E-state index contributed by atoms with van der Waals surface area (Å²) < 4.78 is 37.9. The van der Waals surface area contributed by atoms with Crippen molar-refractivity contribution in [1.29, 1.82) is 0 Å². The Balaban J connectivity index is 2.18. The van der Waals surface area contributed by atoms with Gasteiger partial charge in [-0.05, 0) is 12.8 Å². The molecule has 2 rings (SSSR count). The van der Waals surface area contributed by atoms with Crippen LogP contribution in [0, 0.1) is 21.7 Å². The Kier molecular flexibility index (Phi) is 4.08. The van der Waals surface area contributed by atoms with Crippen molar-refractivity contribution in [2.24, 2.45) is 0 Å². The van der Waals surface area contributed by atoms with Crippen LogP contribution in [0.1, 0.15) is 12.8 Å². The number of nitro groups is 1. The summed E-state index contributed by atoms with van der Waals surface area (Å²) in [5.74, 6) is -1.03. The third-order valence-electron chi connectivity index (χ3n) is 2.98. The van der Waals surface area contributed by atoms with Crippen LogP contribution in [0.3, 0.4) is 0 Å². The Labute approximate surface area is 110 Å². The fraction of sp³-hybridized carbons (Fsp3) is 0.455. The lowest BCUT2D eigenvalue weighted by molar-refractivity contribution is -0.387. The van der Waals surface area contributed by atoms with Crippen LogP contribution in [0.2, 0.25) is 0 Å². The van der Waals surface area contributed by atoms with E-state index in [1.165, 1.54) is 0 Å². The Bertz CT molecular complexity index is 529. The average Bonchev–Trinajstić information content (AvgIpc) is 2.34. The molecule has 1 N–H and O–H groups in total. The van der Waals surface area contributed by atoms with Gasteiger partial charge in [0, 0.05) is 40.5 Å². The molecular weight excluding hydrogens is 278 g/mol. The predicted octanol–water partition coefficient (Wildman–Crippen LogP) is 2.20. The topological polar surface area (TPSA) is 72.2 Å². The zero-order valence-electron chi connectivity index (χ0n) is 9.90. The molecule has 0 radical (unpaired) electrons. The first-order valence-corrected chi connectivity index (χ1v) is 7.21. The first-order chi connectivity index (χ1) is 8.97. The zero-order valence-corrected chi connectivity index (χ0v) is 10.7. The van der Waals surface area contributed by atoms with Crippen LogP contribution in [0.5, 0.6) is 0 Å². The minimum absolute atomic E-state index is 0.0919. The van der Waals surface area contributed by atoms with Gasteiger partial charge < -0.3 is 5.32 Å². The van der Waals surface area contributed by atoms with Crippen molar-refractivity contribution >= 4 is 22.2 Å². The molecule has 1 heterocycles. The maximum atomic E-state index is 13.5. The van der Waals surface area contributed by atoms with Crippen LogP contribution >= 0.6 is 0 Å². The number of hydrogen-bond donors (Lipinski definition) is 1. The van der Waals surface area contributed by atoms with Crippen molar-refractivity contribution < 1.29 is 17.9 Å². The number of hydrogen-bond acceptors (Lipinski definition) is 4. The molecule has 0 saturated carbocycles. The fourth-order valence-electron chi connectivity index (χ4n) is 1.95. The Morgan fingerprint density at radius 2 is 1.89 bits per heavy atom. The molecule has 5 nitrogen and oxygen atoms in total. The summed E-state index contributed by atoms with van der Waals surface area (Å²) in [6.45, 7) is 0. The molecule has 8 heteroatoms. The molecule has 0 unspecified atom stereocenters. The van der Waals surface area contributed by atoms with Crippen molar-refractivity contribution in [3.63, 3.8) is 0 Å². The number of benzene rings is 1. The molecule has 1 saturated heterocycles. The van der Waals surface area contributed by atoms with Crippen LogP contribution in [0.4, 0.5) is 20.2 Å². The van der Waals surface area contributed by atoms with E-state index < -0.39 is 33.0 Å². The van der Waals surface area contributed by atoms with Crippen LogP contribution in [0.25, 0.3) is 0 Å². The summed E-state index contributed by atoms with van der Waals surface area (Å²) in [5.41, 5.74) is -0.853. The number of nitro benzene ring substituents is 1. The molecule has 1 aromatic carbocycles. The van der Waals surface area contributed by atoms with Gasteiger partial charge in [-0.25, -0.2) is 4.39 Å². The van der Waals surface area contributed by atoms with Gasteiger partial charge >= 0.3 is 5.69 Å². The summed E-state index contributed by atoms with van der Waals surface area (Å²) in [7, 11) is -0.842. The van der Waals surface area contributed by atoms with Gasteiger partial charge in [-0.1, -0.05) is 0 Å². The van der Waals surface area contributed by atoms with Gasteiger partial charge in [-0.3, -0.25) is 14.3 Å². The van der Waals surface area contributed by atoms with Crippen LogP contribution < -0.4 is 5.32 Å². The molecule has 0 aromatic heterocycles. The summed E-state index contributed by atoms with van der Waals surface area (Å²) in [6.07, 6.45) is 1.19. The van der Waals surface area contributed by atoms with E-state index in [4.69, 9.17) is 0 Å². The Morgan fingerprint density at radius 1 is 1.26 bits per heavy atom. The lowest BCUT2D eigenvalue weighted by atomic mass is 10.1. The lowest BCUT2D eigenvalue weighted by Gasteiger charge is -2.23. The van der Waals surface area contributed by atoms with Gasteiger partial charge in [-0.2, -0.15) is 4.39 Å². The molecule has 0 aliphatic carbocycles. The SMILES string of the molecule is O=[N+]([O-])c1cc(NC2CCS(=O)CC2)c(F)cc1F. The quantitative estimate of drug-likeness (QED) is 0.684. The van der Waals surface area contributed by atoms with Crippen LogP contribution in [0.15, 0.2) is 12.1 Å². The highest BCUT2D eigenvalue weighted by atomic mass is 32.2. The normalized spacial score (nSPS) is 23.1. The first-order valence-electron chi connectivity index (χ1n) is 5.72. The van der Waals surface area contributed by atoms with Gasteiger partial charge in [-0.15, -0.1) is 0 Å². The summed E-state index contributed by atoms with van der Waals surface area (Å²) in [5, 5.41) is 13.4. The molecule has 104 valence electrons. The second kappa shape index (κ2) is 5.60. The minimum Gasteiger partial charge on any atom is -0.380 e. The van der Waals surface area contributed by atoms with Crippen LogP contribution in [-0.4, -0.2) is 26.7 Å². The molecule has 1 aliphatic rings. The monoisotopic (exact) mass is 290 g/mol. The van der Waals surface area contributed by atoms with Crippen molar-refractivity contribution in [2.75, 3.05) is 16.8 Å². The molecule has 1 aliphatic heterocycles. The summed E-state index contributed by atoms with van der Waals surface area (Å²) >= 11 is 0. The van der Waals surface area contributed by atoms with Crippen molar-refractivity contribution in [1.82, 2.24) is 0 Å². The summed E-state index contributed by atoms with van der Waals surface area (Å²) in [6, 6.07) is 1.26. The van der Waals surface area contributed by atoms with Crippen molar-refractivity contribution in [3.05, 3.63) is 33.9 Å². The number of halogens is 2. The van der Waals surface area contributed by atoms with E-state index in [0.717, 1.165) is 6.07 Å². The smallest absolute Gasteiger partial charge is 0.307 e. The van der Waals surface area contributed by atoms with Gasteiger partial charge in [0.25, 0.3) is 0 Å². The molecule has 0 bridgehead atoms. The van der Waals surface area contributed by atoms with E-state index in [0.29, 0.717) is 30.4 Å². The number of nitrogens with one attached hydrogen (secondary N) is 1. The van der Waals surface area contributed by atoms with E-state index in [2.05, 4.69) is 5.32 Å². The minimum atomic E-state index is -1.20. The lowest BCUT2D eigenvalue weighted by Crippen LogP contribution is -2.29. The molecule has 0 atom stereocenters. The Hall–Kier alpha value is -1.57. The second-order valence-electron chi connectivity index (χ2n) is 4.31. The van der Waals surface area contributed by atoms with E-state index >= 15 is 0 Å². The molecule has 1 aromatic rings. The third-order valence-corrected chi connectivity index (χ3v) is 4.36. The molecule has 0 spiro atoms. The Morgan fingerprint density at radius 3 is 2.47 bits per heavy atom. The van der Waals surface area contributed by atoms with Gasteiger partial charge in [0.2, 0.25) is 5.82 Å². The van der Waals surface area contributed by atoms with Gasteiger partial charge in [0.15, 0.2) is 0 Å². The standard InChI is InChI=1S/C11H12F2N2O3S/c12-8-5-9(13)11(15(16)17)6-10(8)14-7-1-3-19(18)4-2-7/h5-7,14H,1-4H2. The molecule has 19 heavy (non-hydrogen) atoms. The van der Waals surface area contributed by atoms with Crippen LogP contribution in [-0.2, 0) is 10.8 Å². The van der Waals surface area contributed by atoms with E-state index in [1.807, 2.05) is 0 Å². The highest BCUT2D eigenvalue weighted by Gasteiger charge is 2.22. The molecule has 1 fully saturated rings. The first kappa shape index (κ1) is 13.9. The van der Waals surface area contributed by atoms with Gasteiger partial charge in [0.1, 0.15) is 5.82 Å². The zero-order chi connectivity index (χ0) is 14.0. The number of nitrogens with zero attached hydrogens (tertiary/aromatic N) is 1. The van der Waals surface area contributed by atoms with E-state index in [1.54, 1.807) is 0 Å². The number of anilines is 1. The average molecular weight is 290 g/mol. The maximum absolute atomic E-state index is 13.5. The highest BCUT2D eigenvalue weighted by Crippen LogP contribution is 2.26. The molecular formula is C11H12F2N2O3S. The fourth-order valence-corrected chi connectivity index (χ4v) is 3.25. The summed E-state index contributed by atoms with van der Waals surface area (Å²) in [4.78, 5) is 9.70. The largest absolute Gasteiger partial charge is 0.380 e. The third kappa shape index (κ3) is 3.25. The maximum Gasteiger partial charge on any atom is 0.307 e. The predicted molar refractivity (Wildman–Crippen MR) is 67.5 cm³/mol. The van der Waals surface area contributed by atoms with E-state index in [9.17, 15) is 23.1 Å². The van der Waals surface area contributed by atoms with Gasteiger partial charge in [0.05, 0.1) is 10.6 Å². The molecule has 0 amide bonds. The van der Waals surface area contributed by atoms with Crippen molar-refractivity contribution in [3.8, 4) is 0 Å². The van der Waals surface area contributed by atoms with Crippen molar-refractivity contribution in [2.45, 2.75) is 18.9 Å². The highest BCUT2D eigenvalue weighted by molar-refractivity contribution is 7.85. The number of rotatable bonds is 3.